The molecule has 0 bridgehead atoms. The van der Waals surface area contributed by atoms with Crippen molar-refractivity contribution in [2.45, 2.75) is 13.1 Å². The third-order valence-corrected chi connectivity index (χ3v) is 4.70. The van der Waals surface area contributed by atoms with Crippen molar-refractivity contribution in [1.29, 1.82) is 0 Å². The normalized spacial score (nSPS) is 16.6. The van der Waals surface area contributed by atoms with Crippen LogP contribution < -0.4 is 0 Å². The van der Waals surface area contributed by atoms with Gasteiger partial charge in [0.25, 0.3) is 0 Å². The molecule has 0 unspecified atom stereocenters. The maximum Gasteiger partial charge on any atom is 0.170 e. The van der Waals surface area contributed by atoms with Crippen LogP contribution in [0.15, 0.2) is 47.0 Å². The molecule has 25 heavy (non-hydrogen) atoms. The van der Waals surface area contributed by atoms with E-state index in [0.29, 0.717) is 18.7 Å². The number of hydrogen-bond donors (Lipinski definition) is 0. The summed E-state index contributed by atoms with van der Waals surface area (Å²) in [5.41, 5.74) is 2.05. The Morgan fingerprint density at radius 2 is 1.64 bits per heavy atom. The van der Waals surface area contributed by atoms with E-state index >= 15 is 0 Å². The topological polar surface area (TPSA) is 32.5 Å². The fraction of sp³-hybridized carbons (Fsp3) is 0.316. The number of fused-ring (bicyclic) bond motifs is 1. The molecule has 0 aliphatic carbocycles. The summed E-state index contributed by atoms with van der Waals surface area (Å²) < 4.78 is 32.2. The standard InChI is InChI=1S/C19H19F2N3O/c20-15-5-6-16-18(22-25-19(16)11-15)13-24-9-7-23(8-10-24)12-14-3-1-2-4-17(14)21/h1-6,11H,7-10,12-13H2. The summed E-state index contributed by atoms with van der Waals surface area (Å²) in [6.45, 7) is 4.81. The van der Waals surface area contributed by atoms with E-state index in [4.69, 9.17) is 4.52 Å². The van der Waals surface area contributed by atoms with Gasteiger partial charge in [-0.05, 0) is 18.2 Å². The Balaban J connectivity index is 1.36. The highest BCUT2D eigenvalue weighted by Crippen LogP contribution is 2.21. The Kier molecular flexibility index (Phi) is 4.46. The minimum atomic E-state index is -0.322. The molecule has 2 heterocycles. The lowest BCUT2D eigenvalue weighted by Crippen LogP contribution is -2.45. The number of benzene rings is 2. The molecule has 0 saturated carbocycles. The van der Waals surface area contributed by atoms with Gasteiger partial charge in [0.1, 0.15) is 17.3 Å². The first kappa shape index (κ1) is 16.2. The summed E-state index contributed by atoms with van der Waals surface area (Å²) in [4.78, 5) is 4.55. The zero-order chi connectivity index (χ0) is 17.2. The van der Waals surface area contributed by atoms with Gasteiger partial charge in [0.05, 0.1) is 0 Å². The van der Waals surface area contributed by atoms with Gasteiger partial charge in [-0.25, -0.2) is 8.78 Å². The summed E-state index contributed by atoms with van der Waals surface area (Å²) in [6, 6.07) is 11.4. The molecule has 4 nitrogen and oxygen atoms in total. The maximum atomic E-state index is 13.8. The molecular formula is C19H19F2N3O. The van der Waals surface area contributed by atoms with Gasteiger partial charge in [0, 0.05) is 56.3 Å². The van der Waals surface area contributed by atoms with Gasteiger partial charge in [-0.3, -0.25) is 9.80 Å². The summed E-state index contributed by atoms with van der Waals surface area (Å²) >= 11 is 0. The lowest BCUT2D eigenvalue weighted by Gasteiger charge is -2.34. The first-order chi connectivity index (χ1) is 12.2. The molecule has 1 aromatic heterocycles. The van der Waals surface area contributed by atoms with Gasteiger partial charge in [0.15, 0.2) is 5.58 Å². The largest absolute Gasteiger partial charge is 0.356 e. The van der Waals surface area contributed by atoms with Gasteiger partial charge in [0.2, 0.25) is 0 Å². The average Bonchev–Trinajstić information content (AvgIpc) is 3.00. The van der Waals surface area contributed by atoms with Crippen LogP contribution in [0.3, 0.4) is 0 Å². The van der Waals surface area contributed by atoms with E-state index in [-0.39, 0.29) is 11.6 Å². The van der Waals surface area contributed by atoms with E-state index in [9.17, 15) is 8.78 Å². The van der Waals surface area contributed by atoms with E-state index in [1.807, 2.05) is 12.1 Å². The van der Waals surface area contributed by atoms with Crippen molar-refractivity contribution in [2.24, 2.45) is 0 Å². The van der Waals surface area contributed by atoms with Crippen LogP contribution >= 0.6 is 0 Å². The molecule has 6 heteroatoms. The van der Waals surface area contributed by atoms with Crippen LogP contribution in [0.25, 0.3) is 11.0 Å². The summed E-state index contributed by atoms with van der Waals surface area (Å²) in [6.07, 6.45) is 0. The molecule has 130 valence electrons. The van der Waals surface area contributed by atoms with Crippen LogP contribution in [0, 0.1) is 11.6 Å². The SMILES string of the molecule is Fc1ccc2c(CN3CCN(Cc4ccccc4F)CC3)noc2c1. The van der Waals surface area contributed by atoms with Crippen LogP contribution in [0.2, 0.25) is 0 Å². The summed E-state index contributed by atoms with van der Waals surface area (Å²) in [5.74, 6) is -0.469. The molecule has 2 aromatic carbocycles. The summed E-state index contributed by atoms with van der Waals surface area (Å²) in [5, 5.41) is 4.94. The zero-order valence-corrected chi connectivity index (χ0v) is 13.8. The Hall–Kier alpha value is -2.31. The second-order valence-electron chi connectivity index (χ2n) is 6.41. The average molecular weight is 343 g/mol. The van der Waals surface area contributed by atoms with Crippen molar-refractivity contribution in [3.8, 4) is 0 Å². The van der Waals surface area contributed by atoms with Crippen LogP contribution in [-0.4, -0.2) is 41.1 Å². The van der Waals surface area contributed by atoms with Crippen LogP contribution in [0.1, 0.15) is 11.3 Å². The number of piperazine rings is 1. The molecule has 0 amide bonds. The first-order valence-electron chi connectivity index (χ1n) is 8.41. The number of hydrogen-bond acceptors (Lipinski definition) is 4. The highest BCUT2D eigenvalue weighted by Gasteiger charge is 2.20. The minimum absolute atomic E-state index is 0.147. The predicted molar refractivity (Wildman–Crippen MR) is 90.9 cm³/mol. The van der Waals surface area contributed by atoms with Crippen molar-refractivity contribution in [3.63, 3.8) is 0 Å². The fourth-order valence-electron chi connectivity index (χ4n) is 3.26. The Morgan fingerprint density at radius 1 is 0.920 bits per heavy atom. The molecule has 0 N–H and O–H groups in total. The van der Waals surface area contributed by atoms with Crippen molar-refractivity contribution >= 4 is 11.0 Å². The second kappa shape index (κ2) is 6.90. The van der Waals surface area contributed by atoms with Crippen LogP contribution in [-0.2, 0) is 13.1 Å². The highest BCUT2D eigenvalue weighted by molar-refractivity contribution is 5.79. The third-order valence-electron chi connectivity index (χ3n) is 4.70. The Morgan fingerprint density at radius 3 is 2.40 bits per heavy atom. The molecule has 1 fully saturated rings. The summed E-state index contributed by atoms with van der Waals surface area (Å²) in [7, 11) is 0. The monoisotopic (exact) mass is 343 g/mol. The van der Waals surface area contributed by atoms with Crippen molar-refractivity contribution in [3.05, 3.63) is 65.4 Å². The van der Waals surface area contributed by atoms with Gasteiger partial charge < -0.3 is 4.52 Å². The number of halogens is 2. The van der Waals surface area contributed by atoms with Crippen molar-refractivity contribution in [1.82, 2.24) is 15.0 Å². The smallest absolute Gasteiger partial charge is 0.170 e. The number of nitrogens with zero attached hydrogens (tertiary/aromatic N) is 3. The molecule has 1 saturated heterocycles. The molecular weight excluding hydrogens is 324 g/mol. The molecule has 1 aliphatic rings. The molecule has 0 radical (unpaired) electrons. The molecule has 0 spiro atoms. The molecule has 0 atom stereocenters. The lowest BCUT2D eigenvalue weighted by molar-refractivity contribution is 0.119. The molecule has 4 rings (SSSR count). The number of aromatic nitrogens is 1. The maximum absolute atomic E-state index is 13.8. The van der Waals surface area contributed by atoms with Crippen molar-refractivity contribution in [2.75, 3.05) is 26.2 Å². The quantitative estimate of drug-likeness (QED) is 0.727. The van der Waals surface area contributed by atoms with E-state index in [2.05, 4.69) is 15.0 Å². The predicted octanol–water partition coefficient (Wildman–Crippen LogP) is 3.42. The highest BCUT2D eigenvalue weighted by atomic mass is 19.1. The fourth-order valence-corrected chi connectivity index (χ4v) is 3.26. The van der Waals surface area contributed by atoms with Gasteiger partial charge >= 0.3 is 0 Å². The minimum Gasteiger partial charge on any atom is -0.356 e. The van der Waals surface area contributed by atoms with E-state index in [1.54, 1.807) is 12.1 Å². The second-order valence-corrected chi connectivity index (χ2v) is 6.41. The number of rotatable bonds is 4. The van der Waals surface area contributed by atoms with E-state index < -0.39 is 0 Å². The zero-order valence-electron chi connectivity index (χ0n) is 13.8. The van der Waals surface area contributed by atoms with Crippen molar-refractivity contribution < 1.29 is 13.3 Å². The molecule has 3 aromatic rings. The molecule has 1 aliphatic heterocycles. The Bertz CT molecular complexity index is 872. The van der Waals surface area contributed by atoms with E-state index in [1.165, 1.54) is 18.2 Å². The van der Waals surface area contributed by atoms with Gasteiger partial charge in [-0.1, -0.05) is 23.4 Å². The van der Waals surface area contributed by atoms with Crippen LogP contribution in [0.4, 0.5) is 8.78 Å². The van der Waals surface area contributed by atoms with Gasteiger partial charge in [-0.15, -0.1) is 0 Å². The van der Waals surface area contributed by atoms with E-state index in [0.717, 1.165) is 42.8 Å². The third kappa shape index (κ3) is 3.55. The Labute approximate surface area is 144 Å². The lowest BCUT2D eigenvalue weighted by atomic mass is 10.1. The van der Waals surface area contributed by atoms with Crippen LogP contribution in [0.5, 0.6) is 0 Å². The van der Waals surface area contributed by atoms with Gasteiger partial charge in [-0.2, -0.15) is 0 Å². The first-order valence-corrected chi connectivity index (χ1v) is 8.41.